The first-order valence-corrected chi connectivity index (χ1v) is 8.64. The third-order valence-corrected chi connectivity index (χ3v) is 5.60. The van der Waals surface area contributed by atoms with Gasteiger partial charge in [-0.05, 0) is 65.7 Å². The summed E-state index contributed by atoms with van der Waals surface area (Å²) in [4.78, 5) is 15.1. The minimum Gasteiger partial charge on any atom is -0.497 e. The number of hydrogen-bond acceptors (Lipinski definition) is 2. The SMILES string of the molecule is COc1ccc(Br)c(C(=O)N2CCC[C@H]3CCCC[C@H]32)c1. The molecular weight excluding hydrogens is 330 g/mol. The molecule has 1 aliphatic heterocycles. The summed E-state index contributed by atoms with van der Waals surface area (Å²) in [6.45, 7) is 0.893. The fraction of sp³-hybridized carbons (Fsp3) is 0.588. The van der Waals surface area contributed by atoms with Gasteiger partial charge in [0, 0.05) is 17.1 Å². The number of nitrogens with zero attached hydrogens (tertiary/aromatic N) is 1. The van der Waals surface area contributed by atoms with Gasteiger partial charge in [-0.3, -0.25) is 4.79 Å². The summed E-state index contributed by atoms with van der Waals surface area (Å²) < 4.78 is 6.12. The van der Waals surface area contributed by atoms with Crippen molar-refractivity contribution in [3.8, 4) is 5.75 Å². The van der Waals surface area contributed by atoms with E-state index in [1.807, 2.05) is 18.2 Å². The zero-order valence-electron chi connectivity index (χ0n) is 12.5. The molecule has 2 fully saturated rings. The normalized spacial score (nSPS) is 25.3. The Morgan fingerprint density at radius 2 is 2.00 bits per heavy atom. The van der Waals surface area contributed by atoms with Crippen LogP contribution in [-0.4, -0.2) is 30.5 Å². The van der Waals surface area contributed by atoms with Gasteiger partial charge in [-0.1, -0.05) is 12.8 Å². The van der Waals surface area contributed by atoms with Gasteiger partial charge in [0.2, 0.25) is 0 Å². The van der Waals surface area contributed by atoms with E-state index >= 15 is 0 Å². The lowest BCUT2D eigenvalue weighted by Gasteiger charge is -2.44. The maximum absolute atomic E-state index is 13.0. The number of benzene rings is 1. The predicted molar refractivity (Wildman–Crippen MR) is 86.7 cm³/mol. The molecule has 3 nitrogen and oxygen atoms in total. The first-order valence-electron chi connectivity index (χ1n) is 7.85. The summed E-state index contributed by atoms with van der Waals surface area (Å²) in [5.74, 6) is 1.59. The van der Waals surface area contributed by atoms with Crippen LogP contribution in [0.3, 0.4) is 0 Å². The lowest BCUT2D eigenvalue weighted by Crippen LogP contribution is -2.49. The standard InChI is InChI=1S/C17H22BrNO2/c1-21-13-8-9-15(18)14(11-13)17(20)19-10-4-6-12-5-2-3-7-16(12)19/h8-9,11-12,16H,2-7,10H2,1H3/t12-,16-/m1/s1. The second-order valence-corrected chi connectivity index (χ2v) is 6.95. The summed E-state index contributed by atoms with van der Waals surface area (Å²) >= 11 is 3.51. The molecule has 21 heavy (non-hydrogen) atoms. The van der Waals surface area contributed by atoms with Gasteiger partial charge in [0.15, 0.2) is 0 Å². The monoisotopic (exact) mass is 351 g/mol. The topological polar surface area (TPSA) is 29.5 Å². The number of rotatable bonds is 2. The Kier molecular flexibility index (Phi) is 4.53. The molecule has 0 unspecified atom stereocenters. The number of halogens is 1. The summed E-state index contributed by atoms with van der Waals surface area (Å²) in [5, 5.41) is 0. The van der Waals surface area contributed by atoms with Crippen LogP contribution in [0.2, 0.25) is 0 Å². The first-order chi connectivity index (χ1) is 10.2. The number of carbonyl (C=O) groups is 1. The molecule has 1 aromatic carbocycles. The van der Waals surface area contributed by atoms with Gasteiger partial charge in [-0.2, -0.15) is 0 Å². The Morgan fingerprint density at radius 3 is 2.81 bits per heavy atom. The average molecular weight is 352 g/mol. The van der Waals surface area contributed by atoms with E-state index in [-0.39, 0.29) is 5.91 Å². The van der Waals surface area contributed by atoms with E-state index in [1.54, 1.807) is 7.11 Å². The average Bonchev–Trinajstić information content (AvgIpc) is 2.54. The van der Waals surface area contributed by atoms with Crippen molar-refractivity contribution in [2.24, 2.45) is 5.92 Å². The lowest BCUT2D eigenvalue weighted by atomic mass is 9.78. The van der Waals surface area contributed by atoms with Crippen molar-refractivity contribution < 1.29 is 9.53 Å². The molecule has 0 aromatic heterocycles. The fourth-order valence-electron chi connectivity index (χ4n) is 3.83. The molecule has 0 spiro atoms. The van der Waals surface area contributed by atoms with Gasteiger partial charge in [-0.15, -0.1) is 0 Å². The fourth-order valence-corrected chi connectivity index (χ4v) is 4.24. The highest BCUT2D eigenvalue weighted by molar-refractivity contribution is 9.10. The summed E-state index contributed by atoms with van der Waals surface area (Å²) in [6.07, 6.45) is 7.45. The van der Waals surface area contributed by atoms with E-state index in [9.17, 15) is 4.79 Å². The quantitative estimate of drug-likeness (QED) is 0.796. The molecule has 1 amide bonds. The number of carbonyl (C=O) groups excluding carboxylic acids is 1. The van der Waals surface area contributed by atoms with Crippen LogP contribution in [0.15, 0.2) is 22.7 Å². The summed E-state index contributed by atoms with van der Waals surface area (Å²) in [6, 6.07) is 6.06. The molecule has 0 radical (unpaired) electrons. The largest absolute Gasteiger partial charge is 0.497 e. The molecule has 1 heterocycles. The van der Waals surface area contributed by atoms with Crippen LogP contribution in [0, 0.1) is 5.92 Å². The van der Waals surface area contributed by atoms with Crippen LogP contribution in [0.5, 0.6) is 5.75 Å². The molecule has 0 bridgehead atoms. The maximum Gasteiger partial charge on any atom is 0.255 e. The van der Waals surface area contributed by atoms with E-state index in [0.717, 1.165) is 35.2 Å². The van der Waals surface area contributed by atoms with Crippen molar-refractivity contribution in [1.29, 1.82) is 0 Å². The third-order valence-electron chi connectivity index (χ3n) is 4.91. The van der Waals surface area contributed by atoms with Crippen molar-refractivity contribution in [3.63, 3.8) is 0 Å². The van der Waals surface area contributed by atoms with Crippen LogP contribution in [-0.2, 0) is 0 Å². The van der Waals surface area contributed by atoms with Crippen LogP contribution in [0.1, 0.15) is 48.9 Å². The molecule has 3 rings (SSSR count). The van der Waals surface area contributed by atoms with Crippen molar-refractivity contribution in [3.05, 3.63) is 28.2 Å². The zero-order chi connectivity index (χ0) is 14.8. The summed E-state index contributed by atoms with van der Waals surface area (Å²) in [5.41, 5.74) is 0.723. The molecule has 0 N–H and O–H groups in total. The Morgan fingerprint density at radius 1 is 1.24 bits per heavy atom. The summed E-state index contributed by atoms with van der Waals surface area (Å²) in [7, 11) is 1.63. The Hall–Kier alpha value is -1.03. The predicted octanol–water partition coefficient (Wildman–Crippen LogP) is 4.25. The minimum atomic E-state index is 0.150. The highest BCUT2D eigenvalue weighted by Crippen LogP contribution is 2.36. The van der Waals surface area contributed by atoms with Gasteiger partial charge in [0.05, 0.1) is 12.7 Å². The van der Waals surface area contributed by atoms with Gasteiger partial charge >= 0.3 is 0 Å². The van der Waals surface area contributed by atoms with Crippen molar-refractivity contribution >= 4 is 21.8 Å². The van der Waals surface area contributed by atoms with E-state index in [0.29, 0.717) is 12.0 Å². The Balaban J connectivity index is 1.86. The van der Waals surface area contributed by atoms with Gasteiger partial charge in [0.25, 0.3) is 5.91 Å². The Bertz CT molecular complexity index is 530. The highest BCUT2D eigenvalue weighted by atomic mass is 79.9. The third kappa shape index (κ3) is 2.96. The van der Waals surface area contributed by atoms with E-state index in [4.69, 9.17) is 4.74 Å². The van der Waals surface area contributed by atoms with Gasteiger partial charge in [-0.25, -0.2) is 0 Å². The number of methoxy groups -OCH3 is 1. The molecule has 2 atom stereocenters. The molecule has 1 aliphatic carbocycles. The van der Waals surface area contributed by atoms with Crippen LogP contribution in [0.25, 0.3) is 0 Å². The van der Waals surface area contributed by atoms with Crippen molar-refractivity contribution in [1.82, 2.24) is 4.90 Å². The second-order valence-electron chi connectivity index (χ2n) is 6.10. The molecule has 1 aromatic rings. The minimum absolute atomic E-state index is 0.150. The van der Waals surface area contributed by atoms with E-state index in [2.05, 4.69) is 20.8 Å². The number of amides is 1. The molecule has 2 aliphatic rings. The number of ether oxygens (including phenoxy) is 1. The molecule has 4 heteroatoms. The van der Waals surface area contributed by atoms with Gasteiger partial charge in [0.1, 0.15) is 5.75 Å². The van der Waals surface area contributed by atoms with Crippen LogP contribution < -0.4 is 4.74 Å². The number of likely N-dealkylation sites (tertiary alicyclic amines) is 1. The molecular formula is C17H22BrNO2. The zero-order valence-corrected chi connectivity index (χ0v) is 14.1. The Labute approximate surface area is 134 Å². The van der Waals surface area contributed by atoms with Crippen LogP contribution in [0.4, 0.5) is 0 Å². The lowest BCUT2D eigenvalue weighted by molar-refractivity contribution is 0.0389. The van der Waals surface area contributed by atoms with E-state index < -0.39 is 0 Å². The second kappa shape index (κ2) is 6.39. The number of hydrogen-bond donors (Lipinski definition) is 0. The molecule has 1 saturated heterocycles. The highest BCUT2D eigenvalue weighted by Gasteiger charge is 2.36. The smallest absolute Gasteiger partial charge is 0.255 e. The van der Waals surface area contributed by atoms with Crippen LogP contribution >= 0.6 is 15.9 Å². The van der Waals surface area contributed by atoms with Crippen molar-refractivity contribution in [2.75, 3.05) is 13.7 Å². The number of fused-ring (bicyclic) bond motifs is 1. The number of piperidine rings is 1. The van der Waals surface area contributed by atoms with Crippen molar-refractivity contribution in [2.45, 2.75) is 44.6 Å². The molecule has 1 saturated carbocycles. The maximum atomic E-state index is 13.0. The van der Waals surface area contributed by atoms with E-state index in [1.165, 1.54) is 25.7 Å². The first kappa shape index (κ1) is 14.9. The molecule has 114 valence electrons. The van der Waals surface area contributed by atoms with Gasteiger partial charge < -0.3 is 9.64 Å².